The number of hydrogen-bond donors (Lipinski definition) is 0. The maximum absolute atomic E-state index is 14.7. The highest BCUT2D eigenvalue weighted by molar-refractivity contribution is 9.10. The normalized spacial score (nSPS) is 26.0. The molecule has 2 heterocycles. The molecule has 0 unspecified atom stereocenters. The number of fused-ring (bicyclic) bond motifs is 1. The molecule has 9 heteroatoms. The van der Waals surface area contributed by atoms with Crippen molar-refractivity contribution in [2.75, 3.05) is 13.2 Å². The van der Waals surface area contributed by atoms with Crippen LogP contribution in [0, 0.1) is 11.7 Å². The highest BCUT2D eigenvalue weighted by Crippen LogP contribution is 2.50. The first-order valence-electron chi connectivity index (χ1n) is 9.14. The number of benzene rings is 2. The molecule has 0 bridgehead atoms. The van der Waals surface area contributed by atoms with Gasteiger partial charge in [-0.05, 0) is 18.2 Å². The van der Waals surface area contributed by atoms with Gasteiger partial charge in [0.15, 0.2) is 17.8 Å². The van der Waals surface area contributed by atoms with Crippen molar-refractivity contribution in [2.24, 2.45) is 10.9 Å². The summed E-state index contributed by atoms with van der Waals surface area (Å²) in [6.07, 6.45) is -7.05. The average Bonchev–Trinajstić information content (AvgIpc) is 3.10. The van der Waals surface area contributed by atoms with Crippen molar-refractivity contribution in [1.82, 2.24) is 0 Å². The number of halogens is 5. The third kappa shape index (κ3) is 3.76. The fourth-order valence-corrected chi connectivity index (χ4v) is 4.28. The van der Waals surface area contributed by atoms with Crippen molar-refractivity contribution >= 4 is 27.6 Å². The molecular formula is C21H16BrF4NO3. The van der Waals surface area contributed by atoms with Crippen LogP contribution < -0.4 is 0 Å². The summed E-state index contributed by atoms with van der Waals surface area (Å²) in [5, 5.41) is 0. The standard InChI is InChI=1S/C21H16BrF4NO3/c22-13-6-7-16(23)14(8-13)20-11-30-19(21(24,25)26)15(20)10-29-18(27-20)9-17(28)12-4-2-1-3-5-12/h1-8,15,19H,9-11H2/t15-,19+,20-/m0/s1. The van der Waals surface area contributed by atoms with Gasteiger partial charge in [0.2, 0.25) is 0 Å². The Morgan fingerprint density at radius 1 is 1.20 bits per heavy atom. The zero-order chi connectivity index (χ0) is 21.5. The van der Waals surface area contributed by atoms with E-state index in [1.165, 1.54) is 12.1 Å². The van der Waals surface area contributed by atoms with Crippen molar-refractivity contribution in [2.45, 2.75) is 24.2 Å². The molecule has 1 fully saturated rings. The van der Waals surface area contributed by atoms with Gasteiger partial charge >= 0.3 is 6.18 Å². The predicted octanol–water partition coefficient (Wildman–Crippen LogP) is 5.06. The van der Waals surface area contributed by atoms with Crippen LogP contribution in [0.15, 0.2) is 58.0 Å². The Hall–Kier alpha value is -2.26. The number of hydrogen-bond acceptors (Lipinski definition) is 4. The first-order chi connectivity index (χ1) is 14.2. The third-order valence-corrected chi connectivity index (χ3v) is 5.83. The highest BCUT2D eigenvalue weighted by atomic mass is 79.9. The molecule has 0 radical (unpaired) electrons. The van der Waals surface area contributed by atoms with Crippen LogP contribution in [0.5, 0.6) is 0 Å². The fourth-order valence-electron chi connectivity index (χ4n) is 3.92. The Morgan fingerprint density at radius 3 is 2.63 bits per heavy atom. The molecule has 30 heavy (non-hydrogen) atoms. The summed E-state index contributed by atoms with van der Waals surface area (Å²) < 4.78 is 66.4. The summed E-state index contributed by atoms with van der Waals surface area (Å²) in [7, 11) is 0. The lowest BCUT2D eigenvalue weighted by molar-refractivity contribution is -0.219. The van der Waals surface area contributed by atoms with Gasteiger partial charge in [0, 0.05) is 15.6 Å². The minimum Gasteiger partial charge on any atom is -0.480 e. The van der Waals surface area contributed by atoms with Crippen LogP contribution in [0.25, 0.3) is 0 Å². The van der Waals surface area contributed by atoms with E-state index in [4.69, 9.17) is 9.47 Å². The van der Waals surface area contributed by atoms with E-state index < -0.39 is 42.8 Å². The van der Waals surface area contributed by atoms with E-state index in [1.807, 2.05) is 0 Å². The average molecular weight is 486 g/mol. The van der Waals surface area contributed by atoms with Crippen LogP contribution in [0.3, 0.4) is 0 Å². The first kappa shape index (κ1) is 21.0. The summed E-state index contributed by atoms with van der Waals surface area (Å²) in [5.41, 5.74) is -1.25. The van der Waals surface area contributed by atoms with E-state index in [2.05, 4.69) is 20.9 Å². The van der Waals surface area contributed by atoms with Gasteiger partial charge < -0.3 is 9.47 Å². The smallest absolute Gasteiger partial charge is 0.415 e. The minimum atomic E-state index is -4.66. The number of rotatable bonds is 4. The van der Waals surface area contributed by atoms with Crippen LogP contribution in [-0.4, -0.2) is 37.2 Å². The third-order valence-electron chi connectivity index (χ3n) is 5.34. The van der Waals surface area contributed by atoms with Crippen molar-refractivity contribution in [3.05, 3.63) is 69.9 Å². The molecule has 4 rings (SSSR count). The molecule has 0 N–H and O–H groups in total. The first-order valence-corrected chi connectivity index (χ1v) is 9.93. The van der Waals surface area contributed by atoms with Crippen molar-refractivity contribution in [3.8, 4) is 0 Å². The molecule has 0 aliphatic carbocycles. The predicted molar refractivity (Wildman–Crippen MR) is 104 cm³/mol. The van der Waals surface area contributed by atoms with Crippen LogP contribution in [0.4, 0.5) is 17.6 Å². The molecule has 4 nitrogen and oxygen atoms in total. The fraction of sp³-hybridized carbons (Fsp3) is 0.333. The molecular weight excluding hydrogens is 470 g/mol. The molecule has 0 aromatic heterocycles. The van der Waals surface area contributed by atoms with Crippen molar-refractivity contribution in [3.63, 3.8) is 0 Å². The molecule has 0 amide bonds. The van der Waals surface area contributed by atoms with Crippen LogP contribution >= 0.6 is 15.9 Å². The molecule has 2 aromatic rings. The highest BCUT2D eigenvalue weighted by Gasteiger charge is 2.62. The Kier molecular flexibility index (Phi) is 5.44. The zero-order valence-corrected chi connectivity index (χ0v) is 17.0. The second-order valence-corrected chi connectivity index (χ2v) is 8.13. The van der Waals surface area contributed by atoms with Gasteiger partial charge in [-0.2, -0.15) is 13.2 Å². The molecule has 0 spiro atoms. The quantitative estimate of drug-likeness (QED) is 0.449. The molecule has 0 saturated carbocycles. The van der Waals surface area contributed by atoms with Crippen LogP contribution in [0.2, 0.25) is 0 Å². The molecule has 2 aliphatic heterocycles. The van der Waals surface area contributed by atoms with Gasteiger partial charge in [-0.25, -0.2) is 9.38 Å². The molecule has 1 saturated heterocycles. The largest absolute Gasteiger partial charge is 0.480 e. The van der Waals surface area contributed by atoms with E-state index in [1.54, 1.807) is 30.3 Å². The number of Topliss-reactive ketones (excluding diaryl/α,β-unsaturated/α-hetero) is 1. The number of ether oxygens (including phenoxy) is 2. The van der Waals surface area contributed by atoms with Gasteiger partial charge in [-0.15, -0.1) is 0 Å². The van der Waals surface area contributed by atoms with Crippen LogP contribution in [0.1, 0.15) is 22.3 Å². The Bertz CT molecular complexity index is 995. The summed E-state index contributed by atoms with van der Waals surface area (Å²) in [5.74, 6) is -2.32. The lowest BCUT2D eigenvalue weighted by atomic mass is 9.77. The zero-order valence-electron chi connectivity index (χ0n) is 15.5. The number of carbonyl (C=O) groups excluding carboxylic acids is 1. The SMILES string of the molecule is O=C(CC1=N[C@]2(c3cc(Br)ccc3F)CO[C@@H](C(F)(F)F)[C@@H]2CO1)c1ccccc1. The van der Waals surface area contributed by atoms with E-state index in [9.17, 15) is 22.4 Å². The van der Waals surface area contributed by atoms with E-state index in [0.717, 1.165) is 6.07 Å². The Balaban J connectivity index is 1.75. The number of carbonyl (C=O) groups is 1. The maximum Gasteiger partial charge on any atom is 0.415 e. The van der Waals surface area contributed by atoms with E-state index in [0.29, 0.717) is 10.0 Å². The van der Waals surface area contributed by atoms with Gasteiger partial charge in [0.25, 0.3) is 0 Å². The van der Waals surface area contributed by atoms with Gasteiger partial charge in [-0.3, -0.25) is 4.79 Å². The lowest BCUT2D eigenvalue weighted by Crippen LogP contribution is -2.47. The minimum absolute atomic E-state index is 0.0263. The summed E-state index contributed by atoms with van der Waals surface area (Å²) in [6.45, 7) is -0.862. The van der Waals surface area contributed by atoms with Gasteiger partial charge in [-0.1, -0.05) is 46.3 Å². The van der Waals surface area contributed by atoms with Crippen molar-refractivity contribution < 1.29 is 31.8 Å². The van der Waals surface area contributed by atoms with Crippen molar-refractivity contribution in [1.29, 1.82) is 0 Å². The van der Waals surface area contributed by atoms with Gasteiger partial charge in [0.1, 0.15) is 11.4 Å². The second kappa shape index (κ2) is 7.77. The monoisotopic (exact) mass is 485 g/mol. The number of alkyl halides is 3. The Morgan fingerprint density at radius 2 is 1.93 bits per heavy atom. The molecule has 2 aromatic carbocycles. The number of ketones is 1. The molecule has 2 aliphatic rings. The van der Waals surface area contributed by atoms with Crippen LogP contribution in [-0.2, 0) is 15.0 Å². The number of nitrogens with zero attached hydrogens (tertiary/aromatic N) is 1. The lowest BCUT2D eigenvalue weighted by Gasteiger charge is -2.37. The van der Waals surface area contributed by atoms with E-state index in [-0.39, 0.29) is 23.7 Å². The van der Waals surface area contributed by atoms with Gasteiger partial charge in [0.05, 0.1) is 25.6 Å². The summed E-state index contributed by atoms with van der Waals surface area (Å²) in [4.78, 5) is 16.9. The van der Waals surface area contributed by atoms with E-state index >= 15 is 0 Å². The number of aliphatic imine (C=N–C) groups is 1. The maximum atomic E-state index is 14.7. The summed E-state index contributed by atoms with van der Waals surface area (Å²) in [6, 6.07) is 12.4. The Labute approximate surface area is 178 Å². The second-order valence-electron chi connectivity index (χ2n) is 7.21. The topological polar surface area (TPSA) is 47.9 Å². The molecule has 158 valence electrons. The summed E-state index contributed by atoms with van der Waals surface area (Å²) >= 11 is 3.23. The molecule has 3 atom stereocenters.